The van der Waals surface area contributed by atoms with E-state index in [4.69, 9.17) is 19.9 Å². The minimum Gasteiger partial charge on any atom is -0.493 e. The highest BCUT2D eigenvalue weighted by Crippen LogP contribution is 2.32. The van der Waals surface area contributed by atoms with E-state index in [2.05, 4.69) is 4.90 Å². The molecule has 6 heteroatoms. The summed E-state index contributed by atoms with van der Waals surface area (Å²) < 4.78 is 16.4. The molecule has 22 heavy (non-hydrogen) atoms. The highest BCUT2D eigenvalue weighted by molar-refractivity contribution is 5.99. The van der Waals surface area contributed by atoms with Gasteiger partial charge >= 0.3 is 0 Å². The number of benzene rings is 1. The van der Waals surface area contributed by atoms with E-state index in [1.54, 1.807) is 19.2 Å². The van der Waals surface area contributed by atoms with Gasteiger partial charge in [-0.2, -0.15) is 0 Å². The number of carbonyl (C=O) groups is 1. The number of methoxy groups -OCH3 is 1. The summed E-state index contributed by atoms with van der Waals surface area (Å²) in [6, 6.07) is 3.29. The predicted octanol–water partition coefficient (Wildman–Crippen LogP) is 1.58. The van der Waals surface area contributed by atoms with Crippen LogP contribution < -0.4 is 15.2 Å². The van der Waals surface area contributed by atoms with Crippen molar-refractivity contribution in [3.8, 4) is 11.5 Å². The number of nitrogens with zero attached hydrogens (tertiary/aromatic N) is 1. The Bertz CT molecular complexity index is 513. The minimum absolute atomic E-state index is 0.0883. The first-order valence-corrected chi connectivity index (χ1v) is 7.53. The zero-order chi connectivity index (χ0) is 15.9. The van der Waals surface area contributed by atoms with Crippen molar-refractivity contribution in [2.45, 2.75) is 13.3 Å². The molecule has 1 aliphatic heterocycles. The zero-order valence-corrected chi connectivity index (χ0v) is 13.3. The molecule has 1 saturated heterocycles. The number of anilines is 1. The third kappa shape index (κ3) is 4.35. The average molecular weight is 308 g/mol. The molecule has 1 fully saturated rings. The summed E-state index contributed by atoms with van der Waals surface area (Å²) in [5.41, 5.74) is 6.76. The van der Waals surface area contributed by atoms with E-state index in [0.29, 0.717) is 29.4 Å². The molecule has 0 spiro atoms. The molecule has 0 atom stereocenters. The molecule has 1 aromatic rings. The van der Waals surface area contributed by atoms with Crippen LogP contribution in [0.4, 0.5) is 5.69 Å². The van der Waals surface area contributed by atoms with Crippen molar-refractivity contribution in [1.29, 1.82) is 0 Å². The molecule has 0 unspecified atom stereocenters. The van der Waals surface area contributed by atoms with Gasteiger partial charge in [0.2, 0.25) is 0 Å². The third-order valence-electron chi connectivity index (χ3n) is 3.70. The normalized spacial score (nSPS) is 15.5. The fraction of sp³-hybridized carbons (Fsp3) is 0.562. The van der Waals surface area contributed by atoms with Gasteiger partial charge in [-0.1, -0.05) is 0 Å². The summed E-state index contributed by atoms with van der Waals surface area (Å²) in [5, 5.41) is 0. The van der Waals surface area contributed by atoms with E-state index in [-0.39, 0.29) is 5.78 Å². The van der Waals surface area contributed by atoms with Gasteiger partial charge in [-0.25, -0.2) is 0 Å². The summed E-state index contributed by atoms with van der Waals surface area (Å²) in [7, 11) is 1.55. The van der Waals surface area contributed by atoms with Crippen LogP contribution in [0.15, 0.2) is 12.1 Å². The van der Waals surface area contributed by atoms with Crippen LogP contribution in [0.1, 0.15) is 23.7 Å². The van der Waals surface area contributed by atoms with Crippen LogP contribution in [-0.2, 0) is 4.74 Å². The quantitative estimate of drug-likeness (QED) is 0.468. The second-order valence-corrected chi connectivity index (χ2v) is 5.30. The van der Waals surface area contributed by atoms with E-state index < -0.39 is 0 Å². The number of morpholine rings is 1. The van der Waals surface area contributed by atoms with Gasteiger partial charge in [0, 0.05) is 37.0 Å². The Hall–Kier alpha value is -1.79. The van der Waals surface area contributed by atoms with Gasteiger partial charge in [-0.15, -0.1) is 0 Å². The fourth-order valence-corrected chi connectivity index (χ4v) is 2.45. The van der Waals surface area contributed by atoms with Gasteiger partial charge in [-0.3, -0.25) is 9.69 Å². The number of hydrogen-bond acceptors (Lipinski definition) is 6. The minimum atomic E-state index is -0.0883. The van der Waals surface area contributed by atoms with Gasteiger partial charge in [-0.05, 0) is 19.4 Å². The number of Topliss-reactive ketones (excluding diaryl/α,β-unsaturated/α-hetero) is 1. The van der Waals surface area contributed by atoms with E-state index in [9.17, 15) is 4.79 Å². The van der Waals surface area contributed by atoms with E-state index in [1.165, 1.54) is 6.92 Å². The van der Waals surface area contributed by atoms with Gasteiger partial charge in [0.05, 0.1) is 26.9 Å². The lowest BCUT2D eigenvalue weighted by Crippen LogP contribution is -2.37. The number of hydrogen-bond donors (Lipinski definition) is 1. The first-order chi connectivity index (χ1) is 10.6. The van der Waals surface area contributed by atoms with Crippen LogP contribution in [0, 0.1) is 0 Å². The lowest BCUT2D eigenvalue weighted by molar-refractivity contribution is 0.0357. The maximum atomic E-state index is 11.5. The Morgan fingerprint density at radius 3 is 2.68 bits per heavy atom. The second-order valence-electron chi connectivity index (χ2n) is 5.30. The Morgan fingerprint density at radius 2 is 2.05 bits per heavy atom. The molecular formula is C16H24N2O4. The number of ether oxygens (including phenoxy) is 3. The monoisotopic (exact) mass is 308 g/mol. The van der Waals surface area contributed by atoms with E-state index in [0.717, 1.165) is 39.3 Å². The highest BCUT2D eigenvalue weighted by Gasteiger charge is 2.13. The molecule has 0 aromatic heterocycles. The van der Waals surface area contributed by atoms with Gasteiger partial charge in [0.25, 0.3) is 0 Å². The van der Waals surface area contributed by atoms with Crippen LogP contribution in [0.2, 0.25) is 0 Å². The highest BCUT2D eigenvalue weighted by atomic mass is 16.5. The fourth-order valence-electron chi connectivity index (χ4n) is 2.45. The van der Waals surface area contributed by atoms with Gasteiger partial charge in [0.15, 0.2) is 17.3 Å². The number of carbonyl (C=O) groups excluding carboxylic acids is 1. The van der Waals surface area contributed by atoms with E-state index >= 15 is 0 Å². The SMILES string of the molecule is COc1cc(C(C)=O)c(N)cc1OCCCN1CCOCC1. The lowest BCUT2D eigenvalue weighted by Gasteiger charge is -2.26. The summed E-state index contributed by atoms with van der Waals surface area (Å²) in [6.45, 7) is 6.59. The largest absolute Gasteiger partial charge is 0.493 e. The van der Waals surface area contributed by atoms with Crippen molar-refractivity contribution < 1.29 is 19.0 Å². The summed E-state index contributed by atoms with van der Waals surface area (Å²) in [6.07, 6.45) is 0.914. The molecule has 0 radical (unpaired) electrons. The lowest BCUT2D eigenvalue weighted by atomic mass is 10.1. The molecular weight excluding hydrogens is 284 g/mol. The summed E-state index contributed by atoms with van der Waals surface area (Å²) in [5.74, 6) is 1.02. The van der Waals surface area contributed by atoms with Crippen LogP contribution >= 0.6 is 0 Å². The van der Waals surface area contributed by atoms with Crippen molar-refractivity contribution in [3.05, 3.63) is 17.7 Å². The number of nitrogen functional groups attached to an aromatic ring is 1. The molecule has 2 rings (SSSR count). The van der Waals surface area contributed by atoms with Crippen molar-refractivity contribution in [2.24, 2.45) is 0 Å². The van der Waals surface area contributed by atoms with Crippen LogP contribution in [0.25, 0.3) is 0 Å². The Morgan fingerprint density at radius 1 is 1.32 bits per heavy atom. The zero-order valence-electron chi connectivity index (χ0n) is 13.3. The predicted molar refractivity (Wildman–Crippen MR) is 84.8 cm³/mol. The van der Waals surface area contributed by atoms with Crippen molar-refractivity contribution in [2.75, 3.05) is 52.3 Å². The van der Waals surface area contributed by atoms with Crippen LogP contribution in [0.3, 0.4) is 0 Å². The molecule has 122 valence electrons. The Kier molecular flexibility index (Phi) is 6.03. The molecule has 1 aliphatic rings. The number of rotatable bonds is 7. The standard InChI is InChI=1S/C16H24N2O4/c1-12(19)13-10-15(20-2)16(11-14(13)17)22-7-3-4-18-5-8-21-9-6-18/h10-11H,3-9,17H2,1-2H3. The number of nitrogens with two attached hydrogens (primary N) is 1. The molecule has 1 aromatic carbocycles. The molecule has 6 nitrogen and oxygen atoms in total. The summed E-state index contributed by atoms with van der Waals surface area (Å²) in [4.78, 5) is 13.8. The topological polar surface area (TPSA) is 74.0 Å². The van der Waals surface area contributed by atoms with Gasteiger partial charge in [0.1, 0.15) is 0 Å². The summed E-state index contributed by atoms with van der Waals surface area (Å²) >= 11 is 0. The first-order valence-electron chi connectivity index (χ1n) is 7.53. The molecule has 0 saturated carbocycles. The average Bonchev–Trinajstić information content (AvgIpc) is 2.52. The Balaban J connectivity index is 1.88. The van der Waals surface area contributed by atoms with Crippen LogP contribution in [0.5, 0.6) is 11.5 Å². The number of ketones is 1. The molecule has 2 N–H and O–H groups in total. The Labute approximate surface area is 131 Å². The molecule has 1 heterocycles. The second kappa shape index (κ2) is 8.00. The van der Waals surface area contributed by atoms with Crippen molar-refractivity contribution >= 4 is 11.5 Å². The maximum absolute atomic E-state index is 11.5. The maximum Gasteiger partial charge on any atom is 0.163 e. The molecule has 0 bridgehead atoms. The van der Waals surface area contributed by atoms with Crippen molar-refractivity contribution in [1.82, 2.24) is 4.90 Å². The molecule has 0 aliphatic carbocycles. The first kappa shape index (κ1) is 16.6. The van der Waals surface area contributed by atoms with Crippen LogP contribution in [-0.4, -0.2) is 57.2 Å². The molecule has 0 amide bonds. The smallest absolute Gasteiger partial charge is 0.163 e. The third-order valence-corrected chi connectivity index (χ3v) is 3.70. The van der Waals surface area contributed by atoms with E-state index in [1.807, 2.05) is 0 Å². The van der Waals surface area contributed by atoms with Crippen molar-refractivity contribution in [3.63, 3.8) is 0 Å². The van der Waals surface area contributed by atoms with Gasteiger partial charge < -0.3 is 19.9 Å².